The lowest BCUT2D eigenvalue weighted by Gasteiger charge is -2.34. The van der Waals surface area contributed by atoms with Gasteiger partial charge in [-0.1, -0.05) is 179 Å². The fraction of sp³-hybridized carbons (Fsp3) is 0.538. The standard InChI is InChI=1S/C65H86O4/c1-5-7-9-11-21-27-41-65(42-28-22-12-10-8-6-2)59-43-49(3)53(31-25-19-15-13-17-23-29-51-33-37-61-55(45-51)35-39-63(66)68-61)47-57(59)58-48-54(50(4)44-60(58)65)32-26-20-16-14-18-24-30-52-34-38-62-56(46-52)36-40-64(67)69-62/h33-40,43-48H,5-32,41-42H2,1-4H3. The van der Waals surface area contributed by atoms with Crippen LogP contribution in [-0.4, -0.2) is 0 Å². The van der Waals surface area contributed by atoms with Gasteiger partial charge in [-0.15, -0.1) is 0 Å². The topological polar surface area (TPSA) is 60.4 Å². The minimum absolute atomic E-state index is 0.123. The largest absolute Gasteiger partial charge is 0.423 e. The third-order valence-corrected chi connectivity index (χ3v) is 15.9. The first-order valence-electron chi connectivity index (χ1n) is 28.1. The Hall–Kier alpha value is -4.70. The van der Waals surface area contributed by atoms with Crippen molar-refractivity contribution >= 4 is 21.9 Å². The summed E-state index contributed by atoms with van der Waals surface area (Å²) in [6, 6.07) is 30.0. The molecule has 2 heterocycles. The number of benzene rings is 4. The van der Waals surface area contributed by atoms with E-state index in [1.807, 2.05) is 24.3 Å². The van der Waals surface area contributed by atoms with Crippen molar-refractivity contribution in [1.82, 2.24) is 0 Å². The van der Waals surface area contributed by atoms with Gasteiger partial charge in [0, 0.05) is 28.3 Å². The van der Waals surface area contributed by atoms with E-state index in [2.05, 4.69) is 76.2 Å². The van der Waals surface area contributed by atoms with Gasteiger partial charge in [-0.2, -0.15) is 0 Å². The van der Waals surface area contributed by atoms with Gasteiger partial charge >= 0.3 is 11.3 Å². The van der Waals surface area contributed by atoms with Crippen LogP contribution in [0.15, 0.2) is 103 Å². The first-order chi connectivity index (χ1) is 33.8. The molecule has 0 saturated heterocycles. The molecular formula is C65H86O4. The molecule has 0 amide bonds. The molecule has 0 aliphatic heterocycles. The van der Waals surface area contributed by atoms with Gasteiger partial charge in [0.2, 0.25) is 0 Å². The minimum atomic E-state index is -0.286. The van der Waals surface area contributed by atoms with Gasteiger partial charge in [0.1, 0.15) is 11.2 Å². The number of fused-ring (bicyclic) bond motifs is 5. The van der Waals surface area contributed by atoms with Gasteiger partial charge in [-0.25, -0.2) is 9.59 Å². The molecule has 0 saturated carbocycles. The van der Waals surface area contributed by atoms with Crippen molar-refractivity contribution < 1.29 is 8.83 Å². The van der Waals surface area contributed by atoms with Gasteiger partial charge in [0.25, 0.3) is 0 Å². The Bertz CT molecular complexity index is 2460. The molecule has 1 aliphatic rings. The zero-order valence-corrected chi connectivity index (χ0v) is 43.4. The second kappa shape index (κ2) is 27.1. The van der Waals surface area contributed by atoms with Crippen molar-refractivity contribution in [2.24, 2.45) is 0 Å². The predicted molar refractivity (Wildman–Crippen MR) is 293 cm³/mol. The van der Waals surface area contributed by atoms with E-state index in [9.17, 15) is 9.59 Å². The highest BCUT2D eigenvalue weighted by Gasteiger charge is 2.43. The van der Waals surface area contributed by atoms with E-state index < -0.39 is 0 Å². The molecule has 1 aliphatic carbocycles. The van der Waals surface area contributed by atoms with Gasteiger partial charge in [-0.3, -0.25) is 0 Å². The third kappa shape index (κ3) is 14.7. The van der Waals surface area contributed by atoms with Crippen molar-refractivity contribution in [1.29, 1.82) is 0 Å². The Balaban J connectivity index is 0.979. The van der Waals surface area contributed by atoms with Crippen molar-refractivity contribution in [2.45, 2.75) is 226 Å². The Kier molecular flexibility index (Phi) is 20.4. The summed E-state index contributed by atoms with van der Waals surface area (Å²) in [5.41, 5.74) is 16.2. The maximum absolute atomic E-state index is 11.6. The number of hydrogen-bond acceptors (Lipinski definition) is 4. The molecular weight excluding hydrogens is 845 g/mol. The van der Waals surface area contributed by atoms with Crippen LogP contribution >= 0.6 is 0 Å². The van der Waals surface area contributed by atoms with Gasteiger partial charge in [0.15, 0.2) is 0 Å². The Morgan fingerprint density at radius 3 is 1.14 bits per heavy atom. The van der Waals surface area contributed by atoms with E-state index in [-0.39, 0.29) is 16.7 Å². The number of rotatable bonds is 32. The van der Waals surface area contributed by atoms with E-state index in [0.717, 1.165) is 23.6 Å². The Morgan fingerprint density at radius 2 is 0.739 bits per heavy atom. The van der Waals surface area contributed by atoms with E-state index in [1.54, 1.807) is 33.4 Å². The molecule has 6 aromatic rings. The molecule has 7 rings (SSSR count). The zero-order valence-electron chi connectivity index (χ0n) is 43.4. The Labute approximate surface area is 416 Å². The molecule has 0 spiro atoms. The lowest BCUT2D eigenvalue weighted by atomic mass is 9.69. The molecule has 0 atom stereocenters. The fourth-order valence-corrected chi connectivity index (χ4v) is 11.8. The average molecular weight is 931 g/mol. The second-order valence-corrected chi connectivity index (χ2v) is 21.3. The molecule has 4 heteroatoms. The van der Waals surface area contributed by atoms with Gasteiger partial charge in [0.05, 0.1) is 0 Å². The molecule has 69 heavy (non-hydrogen) atoms. The highest BCUT2D eigenvalue weighted by Crippen LogP contribution is 2.55. The Morgan fingerprint density at radius 1 is 0.377 bits per heavy atom. The molecule has 4 nitrogen and oxygen atoms in total. The molecule has 2 aromatic heterocycles. The van der Waals surface area contributed by atoms with Crippen LogP contribution in [0.2, 0.25) is 0 Å². The van der Waals surface area contributed by atoms with E-state index in [0.29, 0.717) is 11.2 Å². The number of unbranched alkanes of at least 4 members (excludes halogenated alkanes) is 20. The van der Waals surface area contributed by atoms with E-state index in [1.165, 1.54) is 214 Å². The second-order valence-electron chi connectivity index (χ2n) is 21.3. The third-order valence-electron chi connectivity index (χ3n) is 15.9. The van der Waals surface area contributed by atoms with Crippen LogP contribution in [0.4, 0.5) is 0 Å². The molecule has 0 fully saturated rings. The maximum Gasteiger partial charge on any atom is 0.336 e. The predicted octanol–water partition coefficient (Wildman–Crippen LogP) is 18.5. The molecule has 0 radical (unpaired) electrons. The first-order valence-corrected chi connectivity index (χ1v) is 28.1. The summed E-state index contributed by atoms with van der Waals surface area (Å²) in [6.45, 7) is 9.50. The summed E-state index contributed by atoms with van der Waals surface area (Å²) in [5, 5.41) is 2.02. The summed E-state index contributed by atoms with van der Waals surface area (Å²) >= 11 is 0. The maximum atomic E-state index is 11.6. The van der Waals surface area contributed by atoms with Crippen molar-refractivity contribution in [3.05, 3.63) is 150 Å². The monoisotopic (exact) mass is 931 g/mol. The fourth-order valence-electron chi connectivity index (χ4n) is 11.8. The van der Waals surface area contributed by atoms with Crippen LogP contribution < -0.4 is 11.3 Å². The first kappa shape index (κ1) is 52.1. The normalized spacial score (nSPS) is 12.9. The van der Waals surface area contributed by atoms with Crippen LogP contribution in [0.3, 0.4) is 0 Å². The number of hydrogen-bond donors (Lipinski definition) is 0. The minimum Gasteiger partial charge on any atom is -0.423 e. The summed E-state index contributed by atoms with van der Waals surface area (Å²) in [4.78, 5) is 23.2. The smallest absolute Gasteiger partial charge is 0.336 e. The van der Waals surface area contributed by atoms with Crippen LogP contribution in [0.25, 0.3) is 33.1 Å². The van der Waals surface area contributed by atoms with Crippen molar-refractivity contribution in [2.75, 3.05) is 0 Å². The summed E-state index contributed by atoms with van der Waals surface area (Å²) in [6.07, 6.45) is 38.4. The van der Waals surface area contributed by atoms with Gasteiger partial charge in [-0.05, 0) is 170 Å². The van der Waals surface area contributed by atoms with E-state index in [4.69, 9.17) is 8.83 Å². The van der Waals surface area contributed by atoms with Crippen molar-refractivity contribution in [3.63, 3.8) is 0 Å². The molecule has 0 N–H and O–H groups in total. The lowest BCUT2D eigenvalue weighted by molar-refractivity contribution is 0.397. The highest BCUT2D eigenvalue weighted by atomic mass is 16.4. The molecule has 0 unspecified atom stereocenters. The van der Waals surface area contributed by atoms with Crippen molar-refractivity contribution in [3.8, 4) is 11.1 Å². The molecule has 4 aromatic carbocycles. The van der Waals surface area contributed by atoms with Crippen LogP contribution in [0.1, 0.15) is 225 Å². The average Bonchev–Trinajstić information content (AvgIpc) is 3.58. The zero-order chi connectivity index (χ0) is 48.3. The SMILES string of the molecule is CCCCCCCCC1(CCCCCCCC)c2cc(C)c(CCCCCCCCc3ccc4oc(=O)ccc4c3)cc2-c2cc(CCCCCCCCc3ccc4oc(=O)ccc4c3)c(C)cc21. The summed E-state index contributed by atoms with van der Waals surface area (Å²) in [5.74, 6) is 0. The molecule has 0 bridgehead atoms. The van der Waals surface area contributed by atoms with Crippen LogP contribution in [0, 0.1) is 13.8 Å². The number of aryl methyl sites for hydroxylation is 6. The quantitative estimate of drug-likeness (QED) is 0.0312. The summed E-state index contributed by atoms with van der Waals surface area (Å²) in [7, 11) is 0. The highest BCUT2D eigenvalue weighted by molar-refractivity contribution is 5.83. The van der Waals surface area contributed by atoms with Gasteiger partial charge < -0.3 is 8.83 Å². The van der Waals surface area contributed by atoms with Crippen LogP contribution in [-0.2, 0) is 31.1 Å². The lowest BCUT2D eigenvalue weighted by Crippen LogP contribution is -2.26. The van der Waals surface area contributed by atoms with Crippen LogP contribution in [0.5, 0.6) is 0 Å². The molecule has 370 valence electrons. The summed E-state index contributed by atoms with van der Waals surface area (Å²) < 4.78 is 10.7. The van der Waals surface area contributed by atoms with E-state index >= 15 is 0 Å².